The largest absolute Gasteiger partial charge is 0.434 e. The molecular weight excluding hydrogens is 225 g/mol. The van der Waals surface area contributed by atoms with Crippen molar-refractivity contribution in [1.29, 1.82) is 0 Å². The van der Waals surface area contributed by atoms with Gasteiger partial charge in [-0.2, -0.15) is 13.2 Å². The van der Waals surface area contributed by atoms with E-state index >= 15 is 0 Å². The molecule has 1 atom stereocenters. The smallest absolute Gasteiger partial charge is 0.316 e. The third-order valence-electron chi connectivity index (χ3n) is 2.49. The van der Waals surface area contributed by atoms with Crippen molar-refractivity contribution in [1.82, 2.24) is 10.3 Å². The van der Waals surface area contributed by atoms with Crippen LogP contribution in [-0.2, 0) is 6.18 Å². The first-order valence-corrected chi connectivity index (χ1v) is 5.55. The van der Waals surface area contributed by atoms with E-state index in [1.54, 1.807) is 0 Å². The second-order valence-electron chi connectivity index (χ2n) is 3.64. The molecule has 0 aromatic carbocycles. The average molecular weight is 236 g/mol. The maximum atomic E-state index is 12.5. The van der Waals surface area contributed by atoms with Gasteiger partial charge >= 0.3 is 6.18 Å². The molecule has 84 valence electrons. The van der Waals surface area contributed by atoms with E-state index < -0.39 is 11.9 Å². The van der Waals surface area contributed by atoms with Gasteiger partial charge in [-0.15, -0.1) is 11.3 Å². The quantitative estimate of drug-likeness (QED) is 0.810. The number of halogens is 3. The van der Waals surface area contributed by atoms with Gasteiger partial charge in [0, 0.05) is 17.3 Å². The van der Waals surface area contributed by atoms with Gasteiger partial charge in [-0.1, -0.05) is 0 Å². The minimum atomic E-state index is -4.31. The summed E-state index contributed by atoms with van der Waals surface area (Å²) < 4.78 is 37.4. The van der Waals surface area contributed by atoms with Crippen molar-refractivity contribution in [2.45, 2.75) is 25.4 Å². The molecule has 0 radical (unpaired) electrons. The molecule has 1 aromatic rings. The van der Waals surface area contributed by atoms with Crippen molar-refractivity contribution < 1.29 is 13.2 Å². The Hall–Kier alpha value is -0.620. The Bertz CT molecular complexity index is 353. The van der Waals surface area contributed by atoms with Gasteiger partial charge in [0.1, 0.15) is 0 Å². The summed E-state index contributed by atoms with van der Waals surface area (Å²) >= 11 is 1.17. The van der Waals surface area contributed by atoms with Gasteiger partial charge < -0.3 is 5.32 Å². The molecule has 2 rings (SSSR count). The molecule has 0 amide bonds. The lowest BCUT2D eigenvalue weighted by Gasteiger charge is -2.03. The van der Waals surface area contributed by atoms with E-state index in [1.807, 2.05) is 0 Å². The Morgan fingerprint density at radius 2 is 2.20 bits per heavy atom. The number of hydrogen-bond donors (Lipinski definition) is 1. The fourth-order valence-corrected chi connectivity index (χ4v) is 2.80. The van der Waals surface area contributed by atoms with Gasteiger partial charge in [-0.05, 0) is 19.9 Å². The summed E-state index contributed by atoms with van der Waals surface area (Å²) in [7, 11) is 0. The first-order chi connectivity index (χ1) is 6.98. The molecule has 1 unspecified atom stereocenters. The molecule has 1 aliphatic rings. The molecule has 1 aliphatic heterocycles. The third-order valence-corrected chi connectivity index (χ3v) is 3.62. The van der Waals surface area contributed by atoms with Gasteiger partial charge in [0.05, 0.1) is 5.01 Å². The maximum absolute atomic E-state index is 12.5. The number of thiazole rings is 1. The van der Waals surface area contributed by atoms with Crippen LogP contribution in [0.1, 0.15) is 27.9 Å². The lowest BCUT2D eigenvalue weighted by atomic mass is 10.1. The van der Waals surface area contributed by atoms with Crippen LogP contribution in [0, 0.1) is 6.92 Å². The predicted molar refractivity (Wildman–Crippen MR) is 52.1 cm³/mol. The fraction of sp³-hybridized carbons (Fsp3) is 0.667. The van der Waals surface area contributed by atoms with Crippen LogP contribution in [-0.4, -0.2) is 18.1 Å². The van der Waals surface area contributed by atoms with E-state index in [1.165, 1.54) is 18.3 Å². The SMILES string of the molecule is Cc1sc(C2CCNC2)nc1C(F)(F)F. The first kappa shape index (κ1) is 10.9. The summed E-state index contributed by atoms with van der Waals surface area (Å²) in [6, 6.07) is 0. The van der Waals surface area contributed by atoms with Gasteiger partial charge in [0.25, 0.3) is 0 Å². The number of hydrogen-bond acceptors (Lipinski definition) is 3. The number of rotatable bonds is 1. The highest BCUT2D eigenvalue weighted by Gasteiger charge is 2.37. The van der Waals surface area contributed by atoms with Crippen LogP contribution in [0.4, 0.5) is 13.2 Å². The van der Waals surface area contributed by atoms with Crippen molar-refractivity contribution in [3.05, 3.63) is 15.6 Å². The highest BCUT2D eigenvalue weighted by molar-refractivity contribution is 7.11. The number of alkyl halides is 3. The van der Waals surface area contributed by atoms with Crippen molar-refractivity contribution in [2.24, 2.45) is 0 Å². The van der Waals surface area contributed by atoms with Gasteiger partial charge in [0.15, 0.2) is 5.69 Å². The highest BCUT2D eigenvalue weighted by atomic mass is 32.1. The fourth-order valence-electron chi connectivity index (χ4n) is 1.72. The average Bonchev–Trinajstić information content (AvgIpc) is 2.68. The van der Waals surface area contributed by atoms with E-state index in [2.05, 4.69) is 10.3 Å². The predicted octanol–water partition coefficient (Wildman–Crippen LogP) is 2.55. The van der Waals surface area contributed by atoms with Crippen LogP contribution in [0.2, 0.25) is 0 Å². The lowest BCUT2D eigenvalue weighted by molar-refractivity contribution is -0.141. The molecule has 0 saturated carbocycles. The molecule has 2 heterocycles. The summed E-state index contributed by atoms with van der Waals surface area (Å²) in [5, 5.41) is 3.74. The van der Waals surface area contributed by atoms with Crippen molar-refractivity contribution in [3.63, 3.8) is 0 Å². The van der Waals surface area contributed by atoms with Crippen LogP contribution >= 0.6 is 11.3 Å². The summed E-state index contributed by atoms with van der Waals surface area (Å²) in [5.41, 5.74) is -0.714. The zero-order valence-electron chi connectivity index (χ0n) is 8.19. The number of aromatic nitrogens is 1. The molecule has 1 fully saturated rings. The molecule has 15 heavy (non-hydrogen) atoms. The summed E-state index contributed by atoms with van der Waals surface area (Å²) in [6.45, 7) is 3.08. The number of nitrogens with zero attached hydrogens (tertiary/aromatic N) is 1. The van der Waals surface area contributed by atoms with Crippen LogP contribution in [0.15, 0.2) is 0 Å². The van der Waals surface area contributed by atoms with E-state index in [0.29, 0.717) is 5.01 Å². The van der Waals surface area contributed by atoms with Crippen molar-refractivity contribution in [2.75, 3.05) is 13.1 Å². The maximum Gasteiger partial charge on any atom is 0.434 e. The van der Waals surface area contributed by atoms with Crippen molar-refractivity contribution in [3.8, 4) is 0 Å². The van der Waals surface area contributed by atoms with E-state index in [9.17, 15) is 13.2 Å². The Labute approximate surface area is 89.5 Å². The standard InChI is InChI=1S/C9H11F3N2S/c1-5-7(9(10,11)12)14-8(15-5)6-2-3-13-4-6/h6,13H,2-4H2,1H3. The molecule has 0 bridgehead atoms. The first-order valence-electron chi connectivity index (χ1n) is 4.73. The van der Waals surface area contributed by atoms with Gasteiger partial charge in [0.2, 0.25) is 0 Å². The number of aryl methyl sites for hydroxylation is 1. The number of nitrogens with one attached hydrogen (secondary N) is 1. The van der Waals surface area contributed by atoms with Crippen LogP contribution in [0.3, 0.4) is 0 Å². The second kappa shape index (κ2) is 3.75. The zero-order chi connectivity index (χ0) is 11.1. The Morgan fingerprint density at radius 3 is 2.67 bits per heavy atom. The molecule has 2 nitrogen and oxygen atoms in total. The normalized spacial score (nSPS) is 22.3. The van der Waals surface area contributed by atoms with Crippen molar-refractivity contribution >= 4 is 11.3 Å². The highest BCUT2D eigenvalue weighted by Crippen LogP contribution is 2.36. The summed E-state index contributed by atoms with van der Waals surface area (Å²) in [5.74, 6) is 0.157. The zero-order valence-corrected chi connectivity index (χ0v) is 9.00. The molecule has 1 N–H and O–H groups in total. The van der Waals surface area contributed by atoms with E-state index in [-0.39, 0.29) is 10.8 Å². The summed E-state index contributed by atoms with van der Waals surface area (Å²) in [4.78, 5) is 3.98. The monoisotopic (exact) mass is 236 g/mol. The molecular formula is C9H11F3N2S. The lowest BCUT2D eigenvalue weighted by Crippen LogP contribution is -2.09. The molecule has 0 aliphatic carbocycles. The van der Waals surface area contributed by atoms with Crippen LogP contribution in [0.25, 0.3) is 0 Å². The minimum absolute atomic E-state index is 0.157. The van der Waals surface area contributed by atoms with E-state index in [4.69, 9.17) is 0 Å². The second-order valence-corrected chi connectivity index (χ2v) is 4.88. The van der Waals surface area contributed by atoms with Gasteiger partial charge in [-0.25, -0.2) is 4.98 Å². The summed E-state index contributed by atoms with van der Waals surface area (Å²) in [6.07, 6.45) is -3.44. The van der Waals surface area contributed by atoms with Gasteiger partial charge in [-0.3, -0.25) is 0 Å². The molecule has 1 saturated heterocycles. The van der Waals surface area contributed by atoms with Crippen LogP contribution < -0.4 is 5.32 Å². The topological polar surface area (TPSA) is 24.9 Å². The van der Waals surface area contributed by atoms with E-state index in [0.717, 1.165) is 19.5 Å². The van der Waals surface area contributed by atoms with Crippen LogP contribution in [0.5, 0.6) is 0 Å². The molecule has 6 heteroatoms. The molecule has 0 spiro atoms. The Kier molecular flexibility index (Phi) is 2.72. The minimum Gasteiger partial charge on any atom is -0.316 e. The Balaban J connectivity index is 2.28. The third kappa shape index (κ3) is 2.15. The Morgan fingerprint density at radius 1 is 1.47 bits per heavy atom. The molecule has 1 aromatic heterocycles.